The molecule has 3 aromatic rings. The molecule has 0 spiro atoms. The van der Waals surface area contributed by atoms with Crippen LogP contribution in [0.2, 0.25) is 0 Å². The third kappa shape index (κ3) is 7.10. The Labute approximate surface area is 229 Å². The summed E-state index contributed by atoms with van der Waals surface area (Å²) < 4.78 is 41.6. The van der Waals surface area contributed by atoms with E-state index in [0.29, 0.717) is 11.5 Å². The first kappa shape index (κ1) is 28.9. The fourth-order valence-electron chi connectivity index (χ4n) is 5.34. The van der Waals surface area contributed by atoms with E-state index in [1.807, 2.05) is 0 Å². The number of aliphatic hydroxyl groups is 1. The average Bonchev–Trinajstić information content (AvgIpc) is 3.28. The van der Waals surface area contributed by atoms with Crippen molar-refractivity contribution in [1.82, 2.24) is 9.62 Å². The summed E-state index contributed by atoms with van der Waals surface area (Å²) in [6.45, 7) is 4.30. The van der Waals surface area contributed by atoms with Gasteiger partial charge in [-0.2, -0.15) is 4.31 Å². The van der Waals surface area contributed by atoms with Crippen molar-refractivity contribution in [3.05, 3.63) is 89.2 Å². The fourth-order valence-corrected chi connectivity index (χ4v) is 6.59. The van der Waals surface area contributed by atoms with Gasteiger partial charge in [0.15, 0.2) is 0 Å². The van der Waals surface area contributed by atoms with Crippen LogP contribution in [0, 0.1) is 11.7 Å². The fraction of sp³-hybridized carbons (Fsp3) is 0.367. The number of carbonyl (C=O) groups is 1. The molecule has 0 fully saturated rings. The maximum absolute atomic E-state index is 14.0. The first-order valence-corrected chi connectivity index (χ1v) is 14.4. The lowest BCUT2D eigenvalue weighted by atomic mass is 9.88. The third-order valence-electron chi connectivity index (χ3n) is 7.24. The summed E-state index contributed by atoms with van der Waals surface area (Å²) in [4.78, 5) is 11.3. The topological polar surface area (TPSA) is 107 Å². The highest BCUT2D eigenvalue weighted by atomic mass is 32.2. The van der Waals surface area contributed by atoms with E-state index in [-0.39, 0.29) is 34.7 Å². The molecule has 0 heterocycles. The zero-order valence-corrected chi connectivity index (χ0v) is 23.2. The van der Waals surface area contributed by atoms with Crippen LogP contribution in [0.1, 0.15) is 41.8 Å². The largest absolute Gasteiger partial charge is 0.478 e. The molecule has 0 radical (unpaired) electrons. The molecule has 1 unspecified atom stereocenters. The maximum atomic E-state index is 14.0. The lowest BCUT2D eigenvalue weighted by Gasteiger charge is -2.31. The first-order chi connectivity index (χ1) is 18.3. The molecule has 0 aliphatic heterocycles. The number of carboxylic acids is 1. The molecule has 9 heteroatoms. The van der Waals surface area contributed by atoms with Crippen LogP contribution in [-0.4, -0.2) is 60.7 Å². The Morgan fingerprint density at radius 2 is 1.72 bits per heavy atom. The first-order valence-electron chi connectivity index (χ1n) is 12.9. The molecule has 3 N–H and O–H groups in total. The number of carboxylic acid groups (broad SMARTS) is 1. The van der Waals surface area contributed by atoms with Crippen LogP contribution in [0.15, 0.2) is 71.6 Å². The lowest BCUT2D eigenvalue weighted by molar-refractivity contribution is 0.0696. The number of aliphatic hydroxyl groups excluding tert-OH is 1. The Hall–Kier alpha value is -3.11. The molecule has 0 saturated carbocycles. The summed E-state index contributed by atoms with van der Waals surface area (Å²) in [5.74, 6) is -1.49. The van der Waals surface area contributed by atoms with Gasteiger partial charge < -0.3 is 15.5 Å². The van der Waals surface area contributed by atoms with Gasteiger partial charge in [0.1, 0.15) is 5.82 Å². The molecule has 39 heavy (non-hydrogen) atoms. The number of rotatable bonds is 11. The van der Waals surface area contributed by atoms with Crippen molar-refractivity contribution in [2.45, 2.75) is 49.6 Å². The molecule has 208 valence electrons. The Balaban J connectivity index is 1.37. The number of aromatic carboxylic acids is 1. The highest BCUT2D eigenvalue weighted by Crippen LogP contribution is 2.32. The zero-order chi connectivity index (χ0) is 28.4. The van der Waals surface area contributed by atoms with Gasteiger partial charge in [-0.25, -0.2) is 17.6 Å². The summed E-state index contributed by atoms with van der Waals surface area (Å²) in [6.07, 6.45) is 2.07. The summed E-state index contributed by atoms with van der Waals surface area (Å²) in [7, 11) is -2.57. The third-order valence-corrected chi connectivity index (χ3v) is 9.06. The highest BCUT2D eigenvalue weighted by molar-refractivity contribution is 7.89. The number of benzene rings is 3. The summed E-state index contributed by atoms with van der Waals surface area (Å²) in [5.41, 5.74) is 2.95. The van der Waals surface area contributed by atoms with E-state index >= 15 is 0 Å². The molecule has 0 bridgehead atoms. The van der Waals surface area contributed by atoms with Crippen LogP contribution in [-0.2, 0) is 22.9 Å². The molecule has 1 atom stereocenters. The minimum absolute atomic E-state index is 0.0371. The number of hydrogen-bond acceptors (Lipinski definition) is 5. The highest BCUT2D eigenvalue weighted by Gasteiger charge is 2.29. The summed E-state index contributed by atoms with van der Waals surface area (Å²) in [6, 6.07) is 17.7. The van der Waals surface area contributed by atoms with Crippen molar-refractivity contribution in [1.29, 1.82) is 0 Å². The van der Waals surface area contributed by atoms with Gasteiger partial charge in [-0.15, -0.1) is 0 Å². The van der Waals surface area contributed by atoms with Gasteiger partial charge in [0.25, 0.3) is 0 Å². The molecule has 0 amide bonds. The van der Waals surface area contributed by atoms with E-state index in [1.54, 1.807) is 6.07 Å². The number of halogens is 1. The summed E-state index contributed by atoms with van der Waals surface area (Å²) >= 11 is 0. The Morgan fingerprint density at radius 1 is 1.05 bits per heavy atom. The SMILES string of the molecule is CN(CC(O)CNC(C)(C)CC1Cc2ccccc2C1)S(=O)(=O)c1cccc(-c2cc(F)cc(C(=O)O)c2)c1. The minimum atomic E-state index is -3.97. The van der Waals surface area contributed by atoms with Crippen molar-refractivity contribution in [3.63, 3.8) is 0 Å². The number of fused-ring (bicyclic) bond motifs is 1. The molecule has 1 aliphatic rings. The molecular weight excluding hydrogens is 519 g/mol. The Kier molecular flexibility index (Phi) is 8.56. The Bertz CT molecular complexity index is 1430. The van der Waals surface area contributed by atoms with Crippen molar-refractivity contribution >= 4 is 16.0 Å². The molecule has 3 aromatic carbocycles. The van der Waals surface area contributed by atoms with E-state index in [4.69, 9.17) is 0 Å². The van der Waals surface area contributed by atoms with Crippen molar-refractivity contribution in [2.75, 3.05) is 20.1 Å². The van der Waals surface area contributed by atoms with Crippen molar-refractivity contribution < 1.29 is 27.8 Å². The quantitative estimate of drug-likeness (QED) is 0.326. The number of nitrogens with one attached hydrogen (secondary N) is 1. The van der Waals surface area contributed by atoms with E-state index in [9.17, 15) is 27.8 Å². The second-order valence-electron chi connectivity index (χ2n) is 11.0. The van der Waals surface area contributed by atoms with Crippen LogP contribution in [0.25, 0.3) is 11.1 Å². The molecular formula is C30H35FN2O5S. The van der Waals surface area contributed by atoms with Crippen molar-refractivity contribution in [2.24, 2.45) is 5.92 Å². The van der Waals surface area contributed by atoms with Gasteiger partial charge >= 0.3 is 5.97 Å². The van der Waals surface area contributed by atoms with Gasteiger partial charge in [0.2, 0.25) is 10.0 Å². The lowest BCUT2D eigenvalue weighted by Crippen LogP contribution is -2.47. The number of β-amino-alcohol motifs (C(OH)–C–C–N with tert-alkyl or cyclic N) is 1. The monoisotopic (exact) mass is 554 g/mol. The van der Waals surface area contributed by atoms with Gasteiger partial charge in [0.05, 0.1) is 16.6 Å². The predicted octanol–water partition coefficient (Wildman–Crippen LogP) is 4.35. The van der Waals surface area contributed by atoms with Gasteiger partial charge in [-0.05, 0) is 91.6 Å². The molecule has 4 rings (SSSR count). The molecule has 0 aromatic heterocycles. The molecule has 1 aliphatic carbocycles. The number of sulfonamides is 1. The van der Waals surface area contributed by atoms with Crippen LogP contribution in [0.3, 0.4) is 0 Å². The number of hydrogen-bond donors (Lipinski definition) is 3. The molecule has 0 saturated heterocycles. The normalized spacial score (nSPS) is 14.9. The standard InChI is InChI=1S/C30H35FN2O5S/c1-30(2,17-20-11-21-7-4-5-8-22(21)12-20)32-18-27(34)19-33(3)39(37,38)28-10-6-9-23(16-28)24-13-25(29(35)36)15-26(31)14-24/h4-10,13-16,20,27,32,34H,11-12,17-19H2,1-3H3,(H,35,36). The summed E-state index contributed by atoms with van der Waals surface area (Å²) in [5, 5.41) is 23.3. The minimum Gasteiger partial charge on any atom is -0.478 e. The van der Waals surface area contributed by atoms with E-state index < -0.39 is 27.9 Å². The van der Waals surface area contributed by atoms with E-state index in [0.717, 1.165) is 35.7 Å². The van der Waals surface area contributed by atoms with Gasteiger partial charge in [-0.3, -0.25) is 0 Å². The van der Waals surface area contributed by atoms with Crippen molar-refractivity contribution in [3.8, 4) is 11.1 Å². The van der Waals surface area contributed by atoms with Crippen LogP contribution >= 0.6 is 0 Å². The number of nitrogens with zero attached hydrogens (tertiary/aromatic N) is 1. The molecule has 7 nitrogen and oxygen atoms in total. The van der Waals surface area contributed by atoms with Gasteiger partial charge in [-0.1, -0.05) is 36.4 Å². The number of likely N-dealkylation sites (N-methyl/N-ethyl adjacent to an activating group) is 1. The Morgan fingerprint density at radius 3 is 2.36 bits per heavy atom. The van der Waals surface area contributed by atoms with Gasteiger partial charge in [0, 0.05) is 25.7 Å². The maximum Gasteiger partial charge on any atom is 0.335 e. The average molecular weight is 555 g/mol. The van der Waals surface area contributed by atoms with Crippen LogP contribution in [0.4, 0.5) is 4.39 Å². The van der Waals surface area contributed by atoms with E-state index in [1.165, 1.54) is 42.4 Å². The zero-order valence-electron chi connectivity index (χ0n) is 22.4. The second-order valence-corrected chi connectivity index (χ2v) is 13.1. The van der Waals surface area contributed by atoms with E-state index in [2.05, 4.69) is 43.4 Å². The van der Waals surface area contributed by atoms with Crippen LogP contribution in [0.5, 0.6) is 0 Å². The second kappa shape index (κ2) is 11.6. The predicted molar refractivity (Wildman–Crippen MR) is 149 cm³/mol. The van der Waals surface area contributed by atoms with Crippen LogP contribution < -0.4 is 5.32 Å². The smallest absolute Gasteiger partial charge is 0.335 e.